The van der Waals surface area contributed by atoms with Crippen LogP contribution in [-0.4, -0.2) is 51.4 Å². The second-order valence-electron chi connectivity index (χ2n) is 8.11. The van der Waals surface area contributed by atoms with Gasteiger partial charge in [-0.15, -0.1) is 0 Å². The summed E-state index contributed by atoms with van der Waals surface area (Å²) in [5.74, 6) is 2.28. The second kappa shape index (κ2) is 9.84. The lowest BCUT2D eigenvalue weighted by Gasteiger charge is -2.49. The third-order valence-electron chi connectivity index (χ3n) is 6.37. The molecule has 0 radical (unpaired) electrons. The molecular weight excluding hydrogens is 412 g/mol. The van der Waals surface area contributed by atoms with Crippen LogP contribution in [0.5, 0.6) is 17.2 Å². The fraction of sp³-hybridized carbons (Fsp3) is 0.440. The maximum Gasteiger partial charge on any atom is 0.161 e. The van der Waals surface area contributed by atoms with Crippen molar-refractivity contribution in [3.63, 3.8) is 0 Å². The first kappa shape index (κ1) is 21.8. The molecular formula is C25H31ClN2O3. The summed E-state index contributed by atoms with van der Waals surface area (Å²) in [5.41, 5.74) is 2.47. The summed E-state index contributed by atoms with van der Waals surface area (Å²) in [6, 6.07) is 13.3. The van der Waals surface area contributed by atoms with Crippen molar-refractivity contribution < 1.29 is 14.2 Å². The Morgan fingerprint density at radius 1 is 1.03 bits per heavy atom. The molecule has 0 aromatic heterocycles. The summed E-state index contributed by atoms with van der Waals surface area (Å²) >= 11 is 6.22. The van der Waals surface area contributed by atoms with E-state index in [1.54, 1.807) is 20.3 Å². The Kier molecular flexibility index (Phi) is 6.93. The van der Waals surface area contributed by atoms with Gasteiger partial charge in [-0.3, -0.25) is 4.90 Å². The van der Waals surface area contributed by atoms with Crippen LogP contribution in [0.1, 0.15) is 30.9 Å². The Balaban J connectivity index is 1.51. The van der Waals surface area contributed by atoms with Crippen LogP contribution in [0, 0.1) is 0 Å². The lowest BCUT2D eigenvalue weighted by molar-refractivity contribution is 0.0715. The largest absolute Gasteiger partial charge is 0.495 e. The summed E-state index contributed by atoms with van der Waals surface area (Å²) in [7, 11) is 3.36. The van der Waals surface area contributed by atoms with Crippen molar-refractivity contribution in [2.24, 2.45) is 0 Å². The van der Waals surface area contributed by atoms with E-state index in [2.05, 4.69) is 34.6 Å². The molecule has 2 heterocycles. The number of benzene rings is 2. The molecule has 0 spiro atoms. The molecule has 6 heteroatoms. The summed E-state index contributed by atoms with van der Waals surface area (Å²) in [6.45, 7) is 7.21. The summed E-state index contributed by atoms with van der Waals surface area (Å²) < 4.78 is 16.8. The molecule has 5 nitrogen and oxygen atoms in total. The van der Waals surface area contributed by atoms with Crippen LogP contribution in [-0.2, 0) is 0 Å². The molecule has 2 aromatic carbocycles. The number of methoxy groups -OCH3 is 2. The smallest absolute Gasteiger partial charge is 0.161 e. The Bertz CT molecular complexity index is 920. The van der Waals surface area contributed by atoms with Gasteiger partial charge in [0.1, 0.15) is 12.4 Å². The number of piperidine rings is 1. The van der Waals surface area contributed by atoms with Crippen LogP contribution in [0.25, 0.3) is 0 Å². The Morgan fingerprint density at radius 3 is 2.65 bits per heavy atom. The number of piperazine rings is 1. The van der Waals surface area contributed by atoms with Gasteiger partial charge in [-0.25, -0.2) is 0 Å². The zero-order valence-electron chi connectivity index (χ0n) is 18.4. The summed E-state index contributed by atoms with van der Waals surface area (Å²) in [5, 5.41) is 0.650. The first-order valence-electron chi connectivity index (χ1n) is 10.9. The molecule has 2 saturated heterocycles. The average Bonchev–Trinajstić information content (AvgIpc) is 2.82. The average molecular weight is 443 g/mol. The molecule has 166 valence electrons. The molecule has 0 saturated carbocycles. The highest BCUT2D eigenvalue weighted by atomic mass is 35.5. The van der Waals surface area contributed by atoms with E-state index in [4.69, 9.17) is 25.8 Å². The number of ether oxygens (including phenoxy) is 3. The number of hydrogen-bond acceptors (Lipinski definition) is 5. The van der Waals surface area contributed by atoms with E-state index in [-0.39, 0.29) is 0 Å². The molecule has 0 amide bonds. The van der Waals surface area contributed by atoms with E-state index in [1.807, 2.05) is 18.2 Å². The molecule has 1 unspecified atom stereocenters. The van der Waals surface area contributed by atoms with Gasteiger partial charge in [0, 0.05) is 43.5 Å². The van der Waals surface area contributed by atoms with Gasteiger partial charge in [0.2, 0.25) is 0 Å². The van der Waals surface area contributed by atoms with Gasteiger partial charge >= 0.3 is 0 Å². The molecule has 2 atom stereocenters. The van der Waals surface area contributed by atoms with Crippen molar-refractivity contribution >= 4 is 17.3 Å². The van der Waals surface area contributed by atoms with Crippen molar-refractivity contribution in [2.45, 2.75) is 31.3 Å². The number of anilines is 1. The number of fused-ring (bicyclic) bond motifs is 1. The third-order valence-corrected chi connectivity index (χ3v) is 6.68. The topological polar surface area (TPSA) is 34.2 Å². The van der Waals surface area contributed by atoms with Gasteiger partial charge < -0.3 is 19.1 Å². The number of rotatable bonds is 7. The van der Waals surface area contributed by atoms with Gasteiger partial charge in [0.25, 0.3) is 0 Å². The van der Waals surface area contributed by atoms with Crippen molar-refractivity contribution in [2.75, 3.05) is 45.4 Å². The Morgan fingerprint density at radius 2 is 1.87 bits per heavy atom. The van der Waals surface area contributed by atoms with E-state index in [9.17, 15) is 0 Å². The van der Waals surface area contributed by atoms with Crippen molar-refractivity contribution in [3.8, 4) is 17.2 Å². The zero-order chi connectivity index (χ0) is 21.8. The first-order valence-corrected chi connectivity index (χ1v) is 11.3. The van der Waals surface area contributed by atoms with Crippen LogP contribution in [0.2, 0.25) is 5.02 Å². The van der Waals surface area contributed by atoms with E-state index >= 15 is 0 Å². The Labute approximate surface area is 190 Å². The Hall–Kier alpha value is -2.37. The zero-order valence-corrected chi connectivity index (χ0v) is 19.1. The van der Waals surface area contributed by atoms with Crippen LogP contribution >= 0.6 is 11.6 Å². The third kappa shape index (κ3) is 4.63. The van der Waals surface area contributed by atoms with Crippen LogP contribution < -0.4 is 19.1 Å². The minimum Gasteiger partial charge on any atom is -0.495 e. The van der Waals surface area contributed by atoms with E-state index in [0.717, 1.165) is 36.9 Å². The molecule has 0 N–H and O–H groups in total. The molecule has 2 aliphatic rings. The lowest BCUT2D eigenvalue weighted by atomic mass is 9.89. The fourth-order valence-corrected chi connectivity index (χ4v) is 5.04. The standard InChI is InChI=1S/C25H31ClN2O3/c1-4-14-31-23-11-8-18(15-25(23)30-3)22-7-5-6-20-17-27(12-13-28(20)22)19-9-10-21(26)24(16-19)29-2/h4,8-11,15-16,20,22H,1,5-7,12-14,17H2,2-3H3/t20?,22-/m1/s1. The maximum absolute atomic E-state index is 6.22. The molecule has 2 fully saturated rings. The van der Waals surface area contributed by atoms with Gasteiger partial charge in [-0.1, -0.05) is 30.3 Å². The van der Waals surface area contributed by atoms with E-state index < -0.39 is 0 Å². The minimum atomic E-state index is 0.406. The quantitative estimate of drug-likeness (QED) is 0.541. The highest BCUT2D eigenvalue weighted by Gasteiger charge is 2.36. The monoisotopic (exact) mass is 442 g/mol. The summed E-state index contributed by atoms with van der Waals surface area (Å²) in [4.78, 5) is 5.13. The number of nitrogens with zero attached hydrogens (tertiary/aromatic N) is 2. The van der Waals surface area contributed by atoms with Crippen LogP contribution in [0.15, 0.2) is 49.1 Å². The lowest BCUT2D eigenvalue weighted by Crippen LogP contribution is -2.55. The molecule has 4 rings (SSSR count). The van der Waals surface area contributed by atoms with Gasteiger partial charge in [0.05, 0.1) is 19.2 Å². The van der Waals surface area contributed by atoms with E-state index in [1.165, 1.54) is 30.5 Å². The number of hydrogen-bond donors (Lipinski definition) is 0. The predicted octanol–water partition coefficient (Wildman–Crippen LogP) is 5.34. The van der Waals surface area contributed by atoms with Gasteiger partial charge in [-0.05, 0) is 49.1 Å². The fourth-order valence-electron chi connectivity index (χ4n) is 4.85. The molecule has 0 bridgehead atoms. The van der Waals surface area contributed by atoms with E-state index in [0.29, 0.717) is 23.7 Å². The first-order chi connectivity index (χ1) is 15.1. The number of halogens is 1. The van der Waals surface area contributed by atoms with Gasteiger partial charge in [-0.2, -0.15) is 0 Å². The highest BCUT2D eigenvalue weighted by molar-refractivity contribution is 6.32. The predicted molar refractivity (Wildman–Crippen MR) is 126 cm³/mol. The SMILES string of the molecule is C=CCOc1ccc([C@H]2CCCC3CN(c4ccc(Cl)c(OC)c4)CCN32)cc1OC. The minimum absolute atomic E-state index is 0.406. The molecule has 0 aliphatic carbocycles. The van der Waals surface area contributed by atoms with Crippen molar-refractivity contribution in [1.29, 1.82) is 0 Å². The van der Waals surface area contributed by atoms with Crippen molar-refractivity contribution in [3.05, 3.63) is 59.6 Å². The highest BCUT2D eigenvalue weighted by Crippen LogP contribution is 2.40. The van der Waals surface area contributed by atoms with Crippen molar-refractivity contribution in [1.82, 2.24) is 4.90 Å². The molecule has 31 heavy (non-hydrogen) atoms. The molecule has 2 aromatic rings. The second-order valence-corrected chi connectivity index (χ2v) is 8.52. The molecule has 2 aliphatic heterocycles. The van der Waals surface area contributed by atoms with Crippen LogP contribution in [0.3, 0.4) is 0 Å². The maximum atomic E-state index is 6.22. The van der Waals surface area contributed by atoms with Crippen LogP contribution in [0.4, 0.5) is 5.69 Å². The summed E-state index contributed by atoms with van der Waals surface area (Å²) in [6.07, 6.45) is 5.35. The van der Waals surface area contributed by atoms with Gasteiger partial charge in [0.15, 0.2) is 11.5 Å². The normalized spacial score (nSPS) is 21.3.